The maximum atomic E-state index is 12.5. The number of hydrogen-bond donors (Lipinski definition) is 2. The van der Waals surface area contributed by atoms with Crippen LogP contribution in [-0.4, -0.2) is 20.9 Å². The Morgan fingerprint density at radius 1 is 0.903 bits per heavy atom. The van der Waals surface area contributed by atoms with E-state index in [2.05, 4.69) is 10.0 Å². The molecule has 0 heterocycles. The van der Waals surface area contributed by atoms with Gasteiger partial charge in [0.2, 0.25) is 0 Å². The summed E-state index contributed by atoms with van der Waals surface area (Å²) in [5.41, 5.74) is 1.13. The summed E-state index contributed by atoms with van der Waals surface area (Å²) in [6, 6.07) is 17.4. The lowest BCUT2D eigenvalue weighted by Crippen LogP contribution is -2.28. The van der Waals surface area contributed by atoms with Crippen LogP contribution in [-0.2, 0) is 21.4 Å². The van der Waals surface area contributed by atoms with Gasteiger partial charge in [-0.3, -0.25) is 9.52 Å². The van der Waals surface area contributed by atoms with E-state index in [1.807, 2.05) is 0 Å². The molecule has 162 valence electrons. The third kappa shape index (κ3) is 6.51. The van der Waals surface area contributed by atoms with E-state index in [9.17, 15) is 13.2 Å². The molecular weight excluding hydrogens is 483 g/mol. The Bertz CT molecular complexity index is 1190. The zero-order valence-corrected chi connectivity index (χ0v) is 19.0. The summed E-state index contributed by atoms with van der Waals surface area (Å²) in [5.74, 6) is -0.218. The van der Waals surface area contributed by atoms with Crippen LogP contribution in [0.25, 0.3) is 0 Å². The summed E-state index contributed by atoms with van der Waals surface area (Å²) in [4.78, 5) is 12.0. The van der Waals surface area contributed by atoms with Crippen LogP contribution in [0.3, 0.4) is 0 Å². The number of carbonyl (C=O) groups is 1. The molecular formula is C21H17Cl3N2O4S. The normalized spacial score (nSPS) is 11.1. The van der Waals surface area contributed by atoms with Crippen molar-refractivity contribution >= 4 is 56.4 Å². The molecule has 0 spiro atoms. The monoisotopic (exact) mass is 498 g/mol. The van der Waals surface area contributed by atoms with Gasteiger partial charge in [0.15, 0.2) is 6.61 Å². The van der Waals surface area contributed by atoms with Crippen molar-refractivity contribution in [3.8, 4) is 5.75 Å². The van der Waals surface area contributed by atoms with Crippen LogP contribution in [0.15, 0.2) is 71.6 Å². The third-order valence-corrected chi connectivity index (χ3v) is 6.35. The van der Waals surface area contributed by atoms with E-state index in [0.717, 1.165) is 0 Å². The number of hydrogen-bond acceptors (Lipinski definition) is 4. The first kappa shape index (κ1) is 23.2. The number of amides is 1. The summed E-state index contributed by atoms with van der Waals surface area (Å²) in [5, 5.41) is 3.68. The molecule has 0 bridgehead atoms. The fourth-order valence-corrected chi connectivity index (χ4v) is 4.40. The van der Waals surface area contributed by atoms with Gasteiger partial charge in [-0.25, -0.2) is 8.42 Å². The molecule has 2 N–H and O–H groups in total. The van der Waals surface area contributed by atoms with Crippen LogP contribution in [0, 0.1) is 0 Å². The summed E-state index contributed by atoms with van der Waals surface area (Å²) < 4.78 is 32.9. The SMILES string of the molecule is O=C(COc1ccc(S(=O)(=O)Nc2ccccc2)cc1Cl)NCc1ccc(Cl)cc1Cl. The third-order valence-electron chi connectivity index (χ3n) is 4.09. The molecule has 0 fully saturated rings. The summed E-state index contributed by atoms with van der Waals surface area (Å²) in [7, 11) is -3.82. The second-order valence-electron chi connectivity index (χ2n) is 6.36. The van der Waals surface area contributed by atoms with Crippen LogP contribution >= 0.6 is 34.8 Å². The van der Waals surface area contributed by atoms with Gasteiger partial charge in [0.1, 0.15) is 5.75 Å². The Morgan fingerprint density at radius 3 is 2.32 bits per heavy atom. The van der Waals surface area contributed by atoms with E-state index in [1.165, 1.54) is 18.2 Å². The number of carbonyl (C=O) groups excluding carboxylic acids is 1. The molecule has 0 radical (unpaired) electrons. The lowest BCUT2D eigenvalue weighted by Gasteiger charge is -2.12. The Hall–Kier alpha value is -2.45. The average molecular weight is 500 g/mol. The molecule has 0 aliphatic heterocycles. The minimum Gasteiger partial charge on any atom is -0.482 e. The number of rotatable bonds is 8. The molecule has 6 nitrogen and oxygen atoms in total. The lowest BCUT2D eigenvalue weighted by molar-refractivity contribution is -0.123. The predicted octanol–water partition coefficient (Wildman–Crippen LogP) is 5.14. The smallest absolute Gasteiger partial charge is 0.261 e. The van der Waals surface area contributed by atoms with Crippen LogP contribution in [0.1, 0.15) is 5.56 Å². The van der Waals surface area contributed by atoms with E-state index < -0.39 is 15.9 Å². The van der Waals surface area contributed by atoms with Crippen LogP contribution in [0.2, 0.25) is 15.1 Å². The Labute approximate surface area is 195 Å². The van der Waals surface area contributed by atoms with Gasteiger partial charge < -0.3 is 10.1 Å². The van der Waals surface area contributed by atoms with Gasteiger partial charge in [-0.2, -0.15) is 0 Å². The van der Waals surface area contributed by atoms with Crippen molar-refractivity contribution in [1.82, 2.24) is 5.32 Å². The van der Waals surface area contributed by atoms with E-state index in [0.29, 0.717) is 21.3 Å². The zero-order chi connectivity index (χ0) is 22.4. The second kappa shape index (κ2) is 10.2. The molecule has 3 rings (SSSR count). The van der Waals surface area contributed by atoms with Crippen molar-refractivity contribution in [2.24, 2.45) is 0 Å². The molecule has 0 atom stereocenters. The highest BCUT2D eigenvalue weighted by atomic mass is 35.5. The van der Waals surface area contributed by atoms with Crippen molar-refractivity contribution in [3.63, 3.8) is 0 Å². The molecule has 0 saturated carbocycles. The number of nitrogens with one attached hydrogen (secondary N) is 2. The molecule has 0 saturated heterocycles. The minimum absolute atomic E-state index is 0.0319. The Kier molecular flexibility index (Phi) is 7.67. The number of para-hydroxylation sites is 1. The first-order valence-corrected chi connectivity index (χ1v) is 11.6. The molecule has 1 amide bonds. The fraction of sp³-hybridized carbons (Fsp3) is 0.0952. The van der Waals surface area contributed by atoms with E-state index in [1.54, 1.807) is 48.5 Å². The molecule has 10 heteroatoms. The maximum Gasteiger partial charge on any atom is 0.261 e. The fourth-order valence-electron chi connectivity index (χ4n) is 2.54. The van der Waals surface area contributed by atoms with Gasteiger partial charge >= 0.3 is 0 Å². The topological polar surface area (TPSA) is 84.5 Å². The van der Waals surface area contributed by atoms with Gasteiger partial charge in [0.05, 0.1) is 9.92 Å². The van der Waals surface area contributed by atoms with E-state index >= 15 is 0 Å². The molecule has 0 aliphatic rings. The van der Waals surface area contributed by atoms with E-state index in [4.69, 9.17) is 39.5 Å². The van der Waals surface area contributed by atoms with Gasteiger partial charge in [-0.1, -0.05) is 59.1 Å². The average Bonchev–Trinajstić information content (AvgIpc) is 2.72. The van der Waals surface area contributed by atoms with Crippen molar-refractivity contribution < 1.29 is 17.9 Å². The number of ether oxygens (including phenoxy) is 1. The molecule has 3 aromatic rings. The molecule has 0 unspecified atom stereocenters. The number of halogens is 3. The van der Waals surface area contributed by atoms with Crippen molar-refractivity contribution in [1.29, 1.82) is 0 Å². The van der Waals surface area contributed by atoms with Crippen molar-refractivity contribution in [2.45, 2.75) is 11.4 Å². The van der Waals surface area contributed by atoms with Crippen LogP contribution < -0.4 is 14.8 Å². The number of benzene rings is 3. The first-order valence-electron chi connectivity index (χ1n) is 8.95. The molecule has 0 aromatic heterocycles. The summed E-state index contributed by atoms with van der Waals surface area (Å²) in [6.45, 7) is -0.104. The largest absolute Gasteiger partial charge is 0.482 e. The molecule has 31 heavy (non-hydrogen) atoms. The maximum absolute atomic E-state index is 12.5. The van der Waals surface area contributed by atoms with Gasteiger partial charge in [-0.15, -0.1) is 0 Å². The standard InChI is InChI=1S/C21H17Cl3N2O4S/c22-15-7-6-14(18(23)10-15)12-25-21(27)13-30-20-9-8-17(11-19(20)24)31(28,29)26-16-4-2-1-3-5-16/h1-11,26H,12-13H2,(H,25,27). The Morgan fingerprint density at radius 2 is 1.65 bits per heavy atom. The Balaban J connectivity index is 1.58. The zero-order valence-electron chi connectivity index (χ0n) is 15.9. The second-order valence-corrected chi connectivity index (χ2v) is 9.30. The predicted molar refractivity (Wildman–Crippen MR) is 123 cm³/mol. The van der Waals surface area contributed by atoms with E-state index in [-0.39, 0.29) is 28.8 Å². The number of anilines is 1. The molecule has 0 aliphatic carbocycles. The highest BCUT2D eigenvalue weighted by Gasteiger charge is 2.17. The van der Waals surface area contributed by atoms with Crippen LogP contribution in [0.4, 0.5) is 5.69 Å². The number of sulfonamides is 1. The van der Waals surface area contributed by atoms with Crippen molar-refractivity contribution in [3.05, 3.63) is 87.4 Å². The van der Waals surface area contributed by atoms with Crippen molar-refractivity contribution in [2.75, 3.05) is 11.3 Å². The summed E-state index contributed by atoms with van der Waals surface area (Å²) >= 11 is 18.1. The quantitative estimate of drug-likeness (QED) is 0.449. The summed E-state index contributed by atoms with van der Waals surface area (Å²) in [6.07, 6.45) is 0. The lowest BCUT2D eigenvalue weighted by atomic mass is 10.2. The van der Waals surface area contributed by atoms with Crippen LogP contribution in [0.5, 0.6) is 5.75 Å². The van der Waals surface area contributed by atoms with Gasteiger partial charge in [-0.05, 0) is 48.0 Å². The minimum atomic E-state index is -3.82. The highest BCUT2D eigenvalue weighted by Crippen LogP contribution is 2.28. The molecule has 3 aromatic carbocycles. The van der Waals surface area contributed by atoms with Gasteiger partial charge in [0, 0.05) is 22.3 Å². The van der Waals surface area contributed by atoms with Gasteiger partial charge in [0.25, 0.3) is 15.9 Å². The highest BCUT2D eigenvalue weighted by molar-refractivity contribution is 7.92. The first-order chi connectivity index (χ1) is 14.7.